The Kier molecular flexibility index (Phi) is 5.11. The molecule has 6 nitrogen and oxygen atoms in total. The van der Waals surface area contributed by atoms with Crippen molar-refractivity contribution in [2.75, 3.05) is 5.32 Å². The number of nitrogens with one attached hydrogen (secondary N) is 1. The minimum atomic E-state index is -0.126. The van der Waals surface area contributed by atoms with Crippen molar-refractivity contribution in [2.24, 2.45) is 16.5 Å². The maximum atomic E-state index is 12.0. The fraction of sp³-hybridized carbons (Fsp3) is 0.267. The van der Waals surface area contributed by atoms with Crippen molar-refractivity contribution in [1.29, 1.82) is 0 Å². The number of thiazole rings is 1. The van der Waals surface area contributed by atoms with E-state index in [1.807, 2.05) is 24.3 Å². The highest BCUT2D eigenvalue weighted by molar-refractivity contribution is 7.13. The lowest BCUT2D eigenvalue weighted by Crippen LogP contribution is -2.21. The van der Waals surface area contributed by atoms with Crippen molar-refractivity contribution in [2.45, 2.75) is 26.2 Å². The SMILES string of the molecule is CC(C)c1ccc(NC(=O)Cc2csc(N=C(N)N)n2)cc1. The van der Waals surface area contributed by atoms with Crippen molar-refractivity contribution in [3.05, 3.63) is 40.9 Å². The molecule has 0 aliphatic carbocycles. The predicted octanol–water partition coefficient (Wildman–Crippen LogP) is 2.35. The maximum Gasteiger partial charge on any atom is 0.230 e. The van der Waals surface area contributed by atoms with E-state index in [9.17, 15) is 4.79 Å². The second-order valence-electron chi connectivity index (χ2n) is 5.16. The molecule has 1 heterocycles. The highest BCUT2D eigenvalue weighted by Crippen LogP contribution is 2.20. The van der Waals surface area contributed by atoms with Crippen LogP contribution in [0.15, 0.2) is 34.6 Å². The zero-order valence-corrected chi connectivity index (χ0v) is 13.4. The van der Waals surface area contributed by atoms with Crippen LogP contribution >= 0.6 is 11.3 Å². The van der Waals surface area contributed by atoms with Gasteiger partial charge in [0.15, 0.2) is 5.96 Å². The van der Waals surface area contributed by atoms with Gasteiger partial charge in [-0.05, 0) is 23.6 Å². The number of carbonyl (C=O) groups excluding carboxylic acids is 1. The lowest BCUT2D eigenvalue weighted by Gasteiger charge is -2.08. The van der Waals surface area contributed by atoms with E-state index in [1.54, 1.807) is 5.38 Å². The van der Waals surface area contributed by atoms with Crippen molar-refractivity contribution in [3.63, 3.8) is 0 Å². The molecule has 0 aliphatic heterocycles. The molecule has 5 N–H and O–H groups in total. The largest absolute Gasteiger partial charge is 0.370 e. The van der Waals surface area contributed by atoms with Crippen LogP contribution in [0.3, 0.4) is 0 Å². The Morgan fingerprint density at radius 3 is 2.59 bits per heavy atom. The van der Waals surface area contributed by atoms with Gasteiger partial charge < -0.3 is 16.8 Å². The fourth-order valence-corrected chi connectivity index (χ4v) is 2.57. The maximum absolute atomic E-state index is 12.0. The summed E-state index contributed by atoms with van der Waals surface area (Å²) in [5, 5.41) is 5.06. The molecule has 0 atom stereocenters. The number of benzene rings is 1. The van der Waals surface area contributed by atoms with E-state index in [-0.39, 0.29) is 18.3 Å². The highest BCUT2D eigenvalue weighted by Gasteiger charge is 2.08. The Hall–Kier alpha value is -2.41. The smallest absolute Gasteiger partial charge is 0.230 e. The summed E-state index contributed by atoms with van der Waals surface area (Å²) in [7, 11) is 0. The molecule has 1 amide bonds. The standard InChI is InChI=1S/C15H19N5OS/c1-9(2)10-3-5-11(6-4-10)18-13(21)7-12-8-22-15(19-12)20-14(16)17/h3-6,8-9H,7H2,1-2H3,(H,18,21)(H4,16,17,19,20). The van der Waals surface area contributed by atoms with Gasteiger partial charge in [-0.1, -0.05) is 26.0 Å². The lowest BCUT2D eigenvalue weighted by molar-refractivity contribution is -0.115. The molecule has 0 unspecified atom stereocenters. The van der Waals surface area contributed by atoms with Crippen LogP contribution < -0.4 is 16.8 Å². The molecular formula is C15H19N5OS. The molecule has 0 saturated carbocycles. The number of nitrogens with zero attached hydrogens (tertiary/aromatic N) is 2. The van der Waals surface area contributed by atoms with E-state index in [0.717, 1.165) is 5.69 Å². The van der Waals surface area contributed by atoms with Crippen LogP contribution in [0.2, 0.25) is 0 Å². The van der Waals surface area contributed by atoms with E-state index in [4.69, 9.17) is 11.5 Å². The van der Waals surface area contributed by atoms with Crippen LogP contribution in [0.1, 0.15) is 31.0 Å². The summed E-state index contributed by atoms with van der Waals surface area (Å²) in [5.41, 5.74) is 13.2. The molecule has 0 aliphatic rings. The summed E-state index contributed by atoms with van der Waals surface area (Å²) in [5.74, 6) is 0.295. The summed E-state index contributed by atoms with van der Waals surface area (Å²) >= 11 is 1.29. The van der Waals surface area contributed by atoms with E-state index < -0.39 is 0 Å². The van der Waals surface area contributed by atoms with Gasteiger partial charge in [0.1, 0.15) is 0 Å². The second-order valence-corrected chi connectivity index (χ2v) is 6.00. The minimum Gasteiger partial charge on any atom is -0.370 e. The van der Waals surface area contributed by atoms with Crippen LogP contribution in [0.4, 0.5) is 10.8 Å². The van der Waals surface area contributed by atoms with Crippen LogP contribution in [-0.2, 0) is 11.2 Å². The van der Waals surface area contributed by atoms with E-state index in [0.29, 0.717) is 16.7 Å². The summed E-state index contributed by atoms with van der Waals surface area (Å²) in [4.78, 5) is 20.0. The van der Waals surface area contributed by atoms with Crippen molar-refractivity contribution >= 4 is 34.0 Å². The fourth-order valence-electron chi connectivity index (χ4n) is 1.86. The van der Waals surface area contributed by atoms with E-state index >= 15 is 0 Å². The molecule has 22 heavy (non-hydrogen) atoms. The molecule has 0 bridgehead atoms. The Bertz CT molecular complexity index is 671. The number of nitrogens with two attached hydrogens (primary N) is 2. The van der Waals surface area contributed by atoms with Gasteiger partial charge in [0.25, 0.3) is 0 Å². The number of aromatic nitrogens is 1. The number of amides is 1. The molecule has 1 aromatic carbocycles. The Morgan fingerprint density at radius 2 is 2.00 bits per heavy atom. The van der Waals surface area contributed by atoms with Crippen LogP contribution in [0.25, 0.3) is 0 Å². The first-order chi connectivity index (χ1) is 10.4. The number of guanidine groups is 1. The first kappa shape index (κ1) is 16.0. The average molecular weight is 317 g/mol. The molecule has 7 heteroatoms. The van der Waals surface area contributed by atoms with Gasteiger partial charge in [0, 0.05) is 11.1 Å². The summed E-state index contributed by atoms with van der Waals surface area (Å²) in [6.07, 6.45) is 0.183. The van der Waals surface area contributed by atoms with Crippen LogP contribution in [0.5, 0.6) is 0 Å². The minimum absolute atomic E-state index is 0.0457. The molecule has 2 rings (SSSR count). The van der Waals surface area contributed by atoms with Gasteiger partial charge >= 0.3 is 0 Å². The summed E-state index contributed by atoms with van der Waals surface area (Å²) < 4.78 is 0. The third-order valence-electron chi connectivity index (χ3n) is 2.97. The molecule has 0 saturated heterocycles. The van der Waals surface area contributed by atoms with Crippen molar-refractivity contribution in [1.82, 2.24) is 4.98 Å². The van der Waals surface area contributed by atoms with Crippen molar-refractivity contribution < 1.29 is 4.79 Å². The molecule has 116 valence electrons. The van der Waals surface area contributed by atoms with Gasteiger partial charge in [0.2, 0.25) is 11.0 Å². The number of rotatable bonds is 5. The lowest BCUT2D eigenvalue weighted by atomic mass is 10.0. The third-order valence-corrected chi connectivity index (χ3v) is 3.75. The van der Waals surface area contributed by atoms with Gasteiger partial charge in [-0.15, -0.1) is 11.3 Å². The molecule has 2 aromatic rings. The molecular weight excluding hydrogens is 298 g/mol. The van der Waals surface area contributed by atoms with Gasteiger partial charge in [0.05, 0.1) is 12.1 Å². The quantitative estimate of drug-likeness (QED) is 0.581. The van der Waals surface area contributed by atoms with Gasteiger partial charge in [-0.3, -0.25) is 4.79 Å². The summed E-state index contributed by atoms with van der Waals surface area (Å²) in [6.45, 7) is 4.26. The second kappa shape index (κ2) is 7.04. The van der Waals surface area contributed by atoms with E-state index in [1.165, 1.54) is 16.9 Å². The zero-order valence-electron chi connectivity index (χ0n) is 12.5. The normalized spacial score (nSPS) is 10.5. The monoisotopic (exact) mass is 317 g/mol. The zero-order chi connectivity index (χ0) is 16.1. The van der Waals surface area contributed by atoms with Gasteiger partial charge in [-0.2, -0.15) is 4.99 Å². The number of hydrogen-bond donors (Lipinski definition) is 3. The topological polar surface area (TPSA) is 106 Å². The number of carbonyl (C=O) groups is 1. The molecule has 0 fully saturated rings. The first-order valence-electron chi connectivity index (χ1n) is 6.88. The average Bonchev–Trinajstić information content (AvgIpc) is 2.85. The molecule has 0 radical (unpaired) electrons. The van der Waals surface area contributed by atoms with Crippen LogP contribution in [0, 0.1) is 0 Å². The summed E-state index contributed by atoms with van der Waals surface area (Å²) in [6, 6.07) is 7.83. The third kappa shape index (κ3) is 4.56. The number of aliphatic imine (C=N–C) groups is 1. The van der Waals surface area contributed by atoms with E-state index in [2.05, 4.69) is 29.1 Å². The molecule has 1 aromatic heterocycles. The molecule has 0 spiro atoms. The highest BCUT2D eigenvalue weighted by atomic mass is 32.1. The Morgan fingerprint density at radius 1 is 1.32 bits per heavy atom. The Labute approximate surface area is 133 Å². The number of hydrogen-bond acceptors (Lipinski definition) is 4. The van der Waals surface area contributed by atoms with Gasteiger partial charge in [-0.25, -0.2) is 4.98 Å². The van der Waals surface area contributed by atoms with Crippen LogP contribution in [-0.4, -0.2) is 16.9 Å². The van der Waals surface area contributed by atoms with Crippen molar-refractivity contribution in [3.8, 4) is 0 Å². The first-order valence-corrected chi connectivity index (χ1v) is 7.76. The number of anilines is 1. The predicted molar refractivity (Wildman–Crippen MR) is 90.4 cm³/mol. The Balaban J connectivity index is 1.95.